The summed E-state index contributed by atoms with van der Waals surface area (Å²) >= 11 is 0. The van der Waals surface area contributed by atoms with Crippen LogP contribution in [0.1, 0.15) is 30.9 Å². The zero-order valence-electron chi connectivity index (χ0n) is 11.1. The van der Waals surface area contributed by atoms with E-state index < -0.39 is 12.0 Å². The van der Waals surface area contributed by atoms with E-state index in [9.17, 15) is 9.59 Å². The molecule has 0 bridgehead atoms. The molecular weight excluding hydrogens is 260 g/mol. The van der Waals surface area contributed by atoms with Crippen LogP contribution in [-0.4, -0.2) is 30.6 Å². The van der Waals surface area contributed by atoms with Crippen molar-refractivity contribution in [2.45, 2.75) is 37.4 Å². The smallest absolute Gasteiger partial charge is 0.246 e. The van der Waals surface area contributed by atoms with E-state index in [2.05, 4.69) is 5.32 Å². The fourth-order valence-electron chi connectivity index (χ4n) is 2.71. The van der Waals surface area contributed by atoms with Gasteiger partial charge >= 0.3 is 0 Å². The second kappa shape index (κ2) is 5.28. The van der Waals surface area contributed by atoms with Crippen LogP contribution in [-0.2, 0) is 14.3 Å². The van der Waals surface area contributed by atoms with Gasteiger partial charge in [0, 0.05) is 18.4 Å². The normalized spacial score (nSPS) is 32.0. The first-order chi connectivity index (χ1) is 9.65. The number of primary amides is 1. The van der Waals surface area contributed by atoms with E-state index in [-0.39, 0.29) is 23.8 Å². The molecule has 3 rings (SSSR count). The monoisotopic (exact) mass is 278 g/mol. The highest BCUT2D eigenvalue weighted by atomic mass is 16.5. The van der Waals surface area contributed by atoms with Crippen molar-refractivity contribution in [1.29, 1.82) is 0 Å². The summed E-state index contributed by atoms with van der Waals surface area (Å²) < 4.78 is 10.8. The average molecular weight is 278 g/mol. The fourth-order valence-corrected chi connectivity index (χ4v) is 2.71. The molecule has 1 saturated carbocycles. The number of carbonyl (C=O) groups is 2. The lowest BCUT2D eigenvalue weighted by Crippen LogP contribution is -2.35. The number of carbonyl (C=O) groups excluding carboxylic acids is 2. The molecule has 2 heterocycles. The third kappa shape index (κ3) is 2.70. The topological polar surface area (TPSA) is 94.6 Å². The predicted octanol–water partition coefficient (Wildman–Crippen LogP) is 0.532. The van der Waals surface area contributed by atoms with Crippen molar-refractivity contribution in [2.24, 2.45) is 11.7 Å². The minimum absolute atomic E-state index is 0.00510. The molecule has 6 nitrogen and oxygen atoms in total. The molecule has 2 fully saturated rings. The van der Waals surface area contributed by atoms with E-state index in [0.717, 1.165) is 18.6 Å². The number of furan rings is 1. The van der Waals surface area contributed by atoms with Gasteiger partial charge in [-0.2, -0.15) is 0 Å². The number of nitrogens with two attached hydrogens (primary N) is 1. The number of hydrogen-bond acceptors (Lipinski definition) is 4. The molecule has 0 aromatic carbocycles. The molecule has 1 aliphatic carbocycles. The predicted molar refractivity (Wildman–Crippen MR) is 69.7 cm³/mol. The molecule has 0 spiro atoms. The Morgan fingerprint density at radius 1 is 1.40 bits per heavy atom. The molecule has 6 heteroatoms. The largest absolute Gasteiger partial charge is 0.469 e. The van der Waals surface area contributed by atoms with Crippen molar-refractivity contribution in [3.8, 4) is 0 Å². The molecule has 1 saturated heterocycles. The Kier molecular flexibility index (Phi) is 3.48. The molecule has 108 valence electrons. The summed E-state index contributed by atoms with van der Waals surface area (Å²) in [5, 5.41) is 2.88. The van der Waals surface area contributed by atoms with E-state index in [1.807, 2.05) is 12.1 Å². The van der Waals surface area contributed by atoms with Crippen LogP contribution in [0.2, 0.25) is 0 Å². The summed E-state index contributed by atoms with van der Waals surface area (Å²) in [5.74, 6) is 0.662. The Labute approximate surface area is 116 Å². The summed E-state index contributed by atoms with van der Waals surface area (Å²) in [4.78, 5) is 23.0. The summed E-state index contributed by atoms with van der Waals surface area (Å²) in [6, 6.07) is 3.73. The van der Waals surface area contributed by atoms with Crippen LogP contribution >= 0.6 is 0 Å². The summed E-state index contributed by atoms with van der Waals surface area (Å²) in [6.45, 7) is 0.435. The molecule has 0 radical (unpaired) electrons. The van der Waals surface area contributed by atoms with Crippen molar-refractivity contribution in [2.75, 3.05) is 6.54 Å². The SMILES string of the molecule is NC(=O)C1CCC(CNC(=O)C2CC2c2ccco2)O1. The third-order valence-corrected chi connectivity index (χ3v) is 3.96. The Balaban J connectivity index is 1.42. The lowest BCUT2D eigenvalue weighted by molar-refractivity contribution is -0.128. The van der Waals surface area contributed by atoms with Gasteiger partial charge in [-0.3, -0.25) is 9.59 Å². The van der Waals surface area contributed by atoms with Gasteiger partial charge in [0.05, 0.1) is 12.4 Å². The zero-order chi connectivity index (χ0) is 14.1. The van der Waals surface area contributed by atoms with Crippen LogP contribution in [0, 0.1) is 5.92 Å². The highest BCUT2D eigenvalue weighted by Gasteiger charge is 2.46. The van der Waals surface area contributed by atoms with Crippen molar-refractivity contribution < 1.29 is 18.7 Å². The first kappa shape index (κ1) is 13.2. The average Bonchev–Trinajstić information content (AvgIpc) is 2.89. The Bertz CT molecular complexity index is 499. The standard InChI is InChI=1S/C14H18N2O4/c15-13(17)12-4-3-8(20-12)7-16-14(18)10-6-9(10)11-2-1-5-19-11/h1-2,5,8-10,12H,3-4,6-7H2,(H2,15,17)(H,16,18). The van der Waals surface area contributed by atoms with Gasteiger partial charge in [-0.05, 0) is 31.4 Å². The first-order valence-corrected chi connectivity index (χ1v) is 6.91. The molecule has 1 aromatic rings. The molecule has 2 amide bonds. The van der Waals surface area contributed by atoms with Crippen molar-refractivity contribution in [3.05, 3.63) is 24.2 Å². The van der Waals surface area contributed by atoms with Crippen LogP contribution in [0.15, 0.2) is 22.8 Å². The van der Waals surface area contributed by atoms with E-state index >= 15 is 0 Å². The minimum atomic E-state index is -0.506. The number of hydrogen-bond donors (Lipinski definition) is 2. The fraction of sp³-hybridized carbons (Fsp3) is 0.571. The van der Waals surface area contributed by atoms with Gasteiger partial charge in [0.25, 0.3) is 0 Å². The Morgan fingerprint density at radius 3 is 2.90 bits per heavy atom. The molecule has 1 aromatic heterocycles. The van der Waals surface area contributed by atoms with E-state index in [1.54, 1.807) is 6.26 Å². The molecule has 2 aliphatic rings. The van der Waals surface area contributed by atoms with E-state index in [0.29, 0.717) is 13.0 Å². The molecule has 20 heavy (non-hydrogen) atoms. The van der Waals surface area contributed by atoms with Gasteiger partial charge in [0.15, 0.2) is 0 Å². The maximum Gasteiger partial charge on any atom is 0.246 e. The van der Waals surface area contributed by atoms with Gasteiger partial charge < -0.3 is 20.2 Å². The van der Waals surface area contributed by atoms with Gasteiger partial charge in [0.2, 0.25) is 11.8 Å². The maximum atomic E-state index is 12.0. The van der Waals surface area contributed by atoms with E-state index in [1.165, 1.54) is 0 Å². The molecular formula is C14H18N2O4. The van der Waals surface area contributed by atoms with Crippen LogP contribution in [0.25, 0.3) is 0 Å². The molecule has 3 N–H and O–H groups in total. The molecule has 4 unspecified atom stereocenters. The molecule has 4 atom stereocenters. The number of amides is 2. The maximum absolute atomic E-state index is 12.0. The first-order valence-electron chi connectivity index (χ1n) is 6.91. The lowest BCUT2D eigenvalue weighted by atomic mass is 10.2. The van der Waals surface area contributed by atoms with Gasteiger partial charge in [-0.15, -0.1) is 0 Å². The second-order valence-corrected chi connectivity index (χ2v) is 5.44. The van der Waals surface area contributed by atoms with Crippen LogP contribution in [0.5, 0.6) is 0 Å². The quantitative estimate of drug-likeness (QED) is 0.821. The van der Waals surface area contributed by atoms with Crippen molar-refractivity contribution in [3.63, 3.8) is 0 Å². The number of ether oxygens (including phenoxy) is 1. The van der Waals surface area contributed by atoms with Crippen LogP contribution in [0.3, 0.4) is 0 Å². The van der Waals surface area contributed by atoms with Crippen molar-refractivity contribution >= 4 is 11.8 Å². The van der Waals surface area contributed by atoms with Gasteiger partial charge in [0.1, 0.15) is 11.9 Å². The lowest BCUT2D eigenvalue weighted by Gasteiger charge is -2.12. The Hall–Kier alpha value is -1.82. The highest BCUT2D eigenvalue weighted by Crippen LogP contribution is 2.47. The minimum Gasteiger partial charge on any atom is -0.469 e. The zero-order valence-corrected chi connectivity index (χ0v) is 11.1. The van der Waals surface area contributed by atoms with Gasteiger partial charge in [-0.1, -0.05) is 0 Å². The molecule has 1 aliphatic heterocycles. The summed E-state index contributed by atoms with van der Waals surface area (Å²) in [5.41, 5.74) is 5.18. The number of rotatable bonds is 5. The highest BCUT2D eigenvalue weighted by molar-refractivity contribution is 5.82. The second-order valence-electron chi connectivity index (χ2n) is 5.44. The summed E-state index contributed by atoms with van der Waals surface area (Å²) in [6.07, 6.45) is 3.22. The van der Waals surface area contributed by atoms with Crippen LogP contribution in [0.4, 0.5) is 0 Å². The van der Waals surface area contributed by atoms with Crippen molar-refractivity contribution in [1.82, 2.24) is 5.32 Å². The van der Waals surface area contributed by atoms with Gasteiger partial charge in [-0.25, -0.2) is 0 Å². The van der Waals surface area contributed by atoms with Crippen LogP contribution < -0.4 is 11.1 Å². The third-order valence-electron chi connectivity index (χ3n) is 3.96. The summed E-state index contributed by atoms with van der Waals surface area (Å²) in [7, 11) is 0. The number of nitrogens with one attached hydrogen (secondary N) is 1. The van der Waals surface area contributed by atoms with E-state index in [4.69, 9.17) is 14.9 Å². The Morgan fingerprint density at radius 2 is 2.25 bits per heavy atom.